The van der Waals surface area contributed by atoms with Gasteiger partial charge in [-0.15, -0.1) is 0 Å². The third kappa shape index (κ3) is 7.12. The van der Waals surface area contributed by atoms with E-state index in [1.807, 2.05) is 31.2 Å². The van der Waals surface area contributed by atoms with Crippen molar-refractivity contribution in [3.63, 3.8) is 0 Å². The van der Waals surface area contributed by atoms with Crippen LogP contribution < -0.4 is 15.4 Å². The van der Waals surface area contributed by atoms with Crippen LogP contribution >= 0.6 is 28.1 Å². The molecule has 0 radical (unpaired) electrons. The standard InChI is InChI=1S/C23H29BrN2O2S/c1-4-6-7-8-14-28-20-13-12-18(24)15-19(20)22(27)26-23(29)25-21-16(3)10-9-11-17(21)5-2/h9-13,15H,4-8,14H2,1-3H3,(H2,25,26,27,29). The highest BCUT2D eigenvalue weighted by Gasteiger charge is 2.16. The molecule has 4 nitrogen and oxygen atoms in total. The van der Waals surface area contributed by atoms with Gasteiger partial charge in [0.25, 0.3) is 5.91 Å². The van der Waals surface area contributed by atoms with Gasteiger partial charge in [-0.1, -0.05) is 67.2 Å². The zero-order valence-corrected chi connectivity index (χ0v) is 19.7. The Hall–Kier alpha value is -1.92. The topological polar surface area (TPSA) is 50.4 Å². The molecule has 1 amide bonds. The lowest BCUT2D eigenvalue weighted by atomic mass is 10.1. The smallest absolute Gasteiger partial charge is 0.261 e. The molecule has 0 saturated heterocycles. The van der Waals surface area contributed by atoms with E-state index in [-0.39, 0.29) is 11.0 Å². The van der Waals surface area contributed by atoms with Gasteiger partial charge in [-0.2, -0.15) is 0 Å². The summed E-state index contributed by atoms with van der Waals surface area (Å²) in [5, 5.41) is 6.23. The van der Waals surface area contributed by atoms with E-state index in [2.05, 4.69) is 46.5 Å². The van der Waals surface area contributed by atoms with Gasteiger partial charge < -0.3 is 10.1 Å². The van der Waals surface area contributed by atoms with Crippen LogP contribution in [0.25, 0.3) is 0 Å². The number of unbranched alkanes of at least 4 members (excludes halogenated alkanes) is 3. The highest BCUT2D eigenvalue weighted by atomic mass is 79.9. The molecule has 0 aromatic heterocycles. The molecule has 0 aliphatic rings. The maximum absolute atomic E-state index is 12.9. The van der Waals surface area contributed by atoms with Crippen molar-refractivity contribution >= 4 is 44.9 Å². The van der Waals surface area contributed by atoms with Crippen molar-refractivity contribution in [2.24, 2.45) is 0 Å². The van der Waals surface area contributed by atoms with Gasteiger partial charge >= 0.3 is 0 Å². The fraction of sp³-hybridized carbons (Fsp3) is 0.391. The Balaban J connectivity index is 2.06. The lowest BCUT2D eigenvalue weighted by Gasteiger charge is -2.16. The number of hydrogen-bond acceptors (Lipinski definition) is 3. The van der Waals surface area contributed by atoms with Crippen LogP contribution in [0, 0.1) is 6.92 Å². The van der Waals surface area contributed by atoms with Crippen LogP contribution in [0.2, 0.25) is 0 Å². The van der Waals surface area contributed by atoms with Crippen molar-refractivity contribution in [2.75, 3.05) is 11.9 Å². The van der Waals surface area contributed by atoms with Crippen LogP contribution in [0.5, 0.6) is 5.75 Å². The largest absolute Gasteiger partial charge is 0.493 e. The Bertz CT molecular complexity index is 855. The fourth-order valence-electron chi connectivity index (χ4n) is 3.03. The van der Waals surface area contributed by atoms with Crippen LogP contribution in [0.15, 0.2) is 40.9 Å². The van der Waals surface area contributed by atoms with E-state index in [0.717, 1.165) is 40.5 Å². The molecule has 0 spiro atoms. The number of halogens is 1. The van der Waals surface area contributed by atoms with Crippen molar-refractivity contribution in [1.29, 1.82) is 0 Å². The Morgan fingerprint density at radius 1 is 1.14 bits per heavy atom. The van der Waals surface area contributed by atoms with E-state index in [1.165, 1.54) is 12.8 Å². The van der Waals surface area contributed by atoms with E-state index in [0.29, 0.717) is 17.9 Å². The number of anilines is 1. The number of amides is 1. The number of rotatable bonds is 9. The number of thiocarbonyl (C=S) groups is 1. The molecular formula is C23H29BrN2O2S. The number of ether oxygens (including phenoxy) is 1. The molecule has 6 heteroatoms. The van der Waals surface area contributed by atoms with E-state index >= 15 is 0 Å². The molecule has 0 aliphatic heterocycles. The summed E-state index contributed by atoms with van der Waals surface area (Å²) in [6.45, 7) is 6.88. The number of para-hydroxylation sites is 1. The highest BCUT2D eigenvalue weighted by molar-refractivity contribution is 9.10. The highest BCUT2D eigenvalue weighted by Crippen LogP contribution is 2.24. The number of benzene rings is 2. The first-order chi connectivity index (χ1) is 14.0. The molecule has 2 N–H and O–H groups in total. The molecule has 0 aliphatic carbocycles. The lowest BCUT2D eigenvalue weighted by Crippen LogP contribution is -2.34. The first-order valence-corrected chi connectivity index (χ1v) is 11.3. The zero-order valence-electron chi connectivity index (χ0n) is 17.3. The summed E-state index contributed by atoms with van der Waals surface area (Å²) in [5.74, 6) is 0.272. The number of aryl methyl sites for hydroxylation is 2. The second-order valence-corrected chi connectivity index (χ2v) is 8.24. The normalized spacial score (nSPS) is 10.5. The third-order valence-corrected chi connectivity index (χ3v) is 5.34. The number of carbonyl (C=O) groups is 1. The fourth-order valence-corrected chi connectivity index (χ4v) is 3.59. The SMILES string of the molecule is CCCCCCOc1ccc(Br)cc1C(=O)NC(=S)Nc1c(C)cccc1CC. The molecule has 29 heavy (non-hydrogen) atoms. The Morgan fingerprint density at radius 2 is 1.93 bits per heavy atom. The van der Waals surface area contributed by atoms with Crippen LogP contribution in [0.4, 0.5) is 5.69 Å². The maximum atomic E-state index is 12.9. The summed E-state index contributed by atoms with van der Waals surface area (Å²) < 4.78 is 6.68. The molecule has 0 saturated carbocycles. The van der Waals surface area contributed by atoms with Gasteiger partial charge in [0.05, 0.1) is 12.2 Å². The zero-order chi connectivity index (χ0) is 21.2. The van der Waals surface area contributed by atoms with Crippen LogP contribution in [-0.4, -0.2) is 17.6 Å². The van der Waals surface area contributed by atoms with Crippen molar-refractivity contribution in [3.8, 4) is 5.75 Å². The Kier molecular flexibility index (Phi) is 9.61. The summed E-state index contributed by atoms with van der Waals surface area (Å²) in [6.07, 6.45) is 5.34. The molecule has 0 bridgehead atoms. The molecule has 0 atom stereocenters. The van der Waals surface area contributed by atoms with Crippen molar-refractivity contribution in [2.45, 2.75) is 52.9 Å². The summed E-state index contributed by atoms with van der Waals surface area (Å²) in [7, 11) is 0. The van der Waals surface area contributed by atoms with Gasteiger partial charge in [-0.3, -0.25) is 10.1 Å². The molecule has 2 aromatic rings. The predicted molar refractivity (Wildman–Crippen MR) is 128 cm³/mol. The third-order valence-electron chi connectivity index (χ3n) is 4.65. The lowest BCUT2D eigenvalue weighted by molar-refractivity contribution is 0.0973. The molecule has 156 valence electrons. The van der Waals surface area contributed by atoms with E-state index in [4.69, 9.17) is 17.0 Å². The van der Waals surface area contributed by atoms with Crippen molar-refractivity contribution < 1.29 is 9.53 Å². The van der Waals surface area contributed by atoms with Crippen molar-refractivity contribution in [1.82, 2.24) is 5.32 Å². The van der Waals surface area contributed by atoms with Gasteiger partial charge in [-0.05, 0) is 61.3 Å². The number of hydrogen-bond donors (Lipinski definition) is 2. The monoisotopic (exact) mass is 476 g/mol. The van der Waals surface area contributed by atoms with Gasteiger partial charge in [0.15, 0.2) is 5.11 Å². The summed E-state index contributed by atoms with van der Waals surface area (Å²) in [5.41, 5.74) is 3.64. The van der Waals surface area contributed by atoms with E-state index in [1.54, 1.807) is 6.07 Å². The van der Waals surface area contributed by atoms with Crippen molar-refractivity contribution in [3.05, 3.63) is 57.6 Å². The average Bonchev–Trinajstić information content (AvgIpc) is 2.70. The second kappa shape index (κ2) is 11.9. The number of nitrogens with one attached hydrogen (secondary N) is 2. The van der Waals surface area contributed by atoms with E-state index in [9.17, 15) is 4.79 Å². The number of carbonyl (C=O) groups excluding carboxylic acids is 1. The quantitative estimate of drug-likeness (QED) is 0.324. The molecule has 0 heterocycles. The Labute approximate surface area is 187 Å². The maximum Gasteiger partial charge on any atom is 0.261 e. The molecule has 0 fully saturated rings. The van der Waals surface area contributed by atoms with Gasteiger partial charge in [0.2, 0.25) is 0 Å². The molecule has 2 aromatic carbocycles. The average molecular weight is 477 g/mol. The minimum absolute atomic E-state index is 0.271. The molecular weight excluding hydrogens is 448 g/mol. The first-order valence-electron chi connectivity index (χ1n) is 10.1. The minimum Gasteiger partial charge on any atom is -0.493 e. The van der Waals surface area contributed by atoms with Crippen LogP contribution in [0.1, 0.15) is 61.0 Å². The van der Waals surface area contributed by atoms with Crippen LogP contribution in [-0.2, 0) is 6.42 Å². The first kappa shape index (κ1) is 23.4. The predicted octanol–water partition coefficient (Wildman–Crippen LogP) is 6.41. The minimum atomic E-state index is -0.293. The van der Waals surface area contributed by atoms with Gasteiger partial charge in [0, 0.05) is 10.2 Å². The molecule has 2 rings (SSSR count). The summed E-state index contributed by atoms with van der Waals surface area (Å²) >= 11 is 8.83. The van der Waals surface area contributed by atoms with Gasteiger partial charge in [0.1, 0.15) is 5.75 Å². The Morgan fingerprint density at radius 3 is 2.66 bits per heavy atom. The van der Waals surface area contributed by atoms with Gasteiger partial charge in [-0.25, -0.2) is 0 Å². The van der Waals surface area contributed by atoms with E-state index < -0.39 is 0 Å². The van der Waals surface area contributed by atoms with Crippen LogP contribution in [0.3, 0.4) is 0 Å². The molecule has 0 unspecified atom stereocenters. The summed E-state index contributed by atoms with van der Waals surface area (Å²) in [6, 6.07) is 11.5. The summed E-state index contributed by atoms with van der Waals surface area (Å²) in [4.78, 5) is 12.9. The second-order valence-electron chi connectivity index (χ2n) is 6.92.